The lowest BCUT2D eigenvalue weighted by molar-refractivity contribution is 0.103. The average molecular weight is 435 g/mol. The van der Waals surface area contributed by atoms with Crippen LogP contribution in [0.3, 0.4) is 0 Å². The molecule has 0 aliphatic rings. The summed E-state index contributed by atoms with van der Waals surface area (Å²) in [7, 11) is 1.48. The Hall–Kier alpha value is -0.950. The number of ether oxygens (including phenoxy) is 1. The predicted molar refractivity (Wildman–Crippen MR) is 83.2 cm³/mol. The fourth-order valence-electron chi connectivity index (χ4n) is 1.67. The molecule has 5 heteroatoms. The molecule has 2 nitrogen and oxygen atoms in total. The fourth-order valence-corrected chi connectivity index (χ4v) is 2.53. The van der Waals surface area contributed by atoms with E-state index < -0.39 is 11.6 Å². The molecule has 0 aromatic heterocycles. The van der Waals surface area contributed by atoms with Crippen molar-refractivity contribution in [2.24, 2.45) is 0 Å². The highest BCUT2D eigenvalue weighted by atomic mass is 127. The third-order valence-corrected chi connectivity index (χ3v) is 3.74. The Morgan fingerprint density at radius 2 is 1.95 bits per heavy atom. The van der Waals surface area contributed by atoms with E-state index in [2.05, 4.69) is 38.5 Å². The molecule has 2 rings (SSSR count). The first-order valence-corrected chi connectivity index (χ1v) is 7.23. The Kier molecular flexibility index (Phi) is 4.57. The highest BCUT2D eigenvalue weighted by molar-refractivity contribution is 14.1. The summed E-state index contributed by atoms with van der Waals surface area (Å²) in [5.74, 6) is -0.506. The number of ketones is 1. The van der Waals surface area contributed by atoms with E-state index in [4.69, 9.17) is 4.74 Å². The van der Waals surface area contributed by atoms with Crippen molar-refractivity contribution >= 4 is 44.3 Å². The zero-order valence-electron chi connectivity index (χ0n) is 9.91. The molecule has 0 spiro atoms. The summed E-state index contributed by atoms with van der Waals surface area (Å²) in [6.07, 6.45) is 0. The molecule has 2 aromatic carbocycles. The van der Waals surface area contributed by atoms with E-state index in [0.29, 0.717) is 15.8 Å². The van der Waals surface area contributed by atoms with Gasteiger partial charge in [-0.1, -0.05) is 15.9 Å². The summed E-state index contributed by atoms with van der Waals surface area (Å²) in [5, 5.41) is 0. The van der Waals surface area contributed by atoms with Crippen molar-refractivity contribution in [3.8, 4) is 5.75 Å². The standard InChI is InChI=1S/C14H9BrFIO2/c1-19-13-5-3-9(17)7-11(13)14(18)10-6-8(15)2-4-12(10)16/h2-7H,1H3. The molecule has 0 aliphatic carbocycles. The minimum Gasteiger partial charge on any atom is -0.496 e. The normalized spacial score (nSPS) is 10.3. The number of carbonyl (C=O) groups excluding carboxylic acids is 1. The number of methoxy groups -OCH3 is 1. The Balaban J connectivity index is 2.55. The largest absolute Gasteiger partial charge is 0.496 e. The Labute approximate surface area is 132 Å². The van der Waals surface area contributed by atoms with Gasteiger partial charge in [-0.25, -0.2) is 4.39 Å². The van der Waals surface area contributed by atoms with Crippen molar-refractivity contribution in [1.82, 2.24) is 0 Å². The van der Waals surface area contributed by atoms with Crippen LogP contribution >= 0.6 is 38.5 Å². The Bertz CT molecular complexity index is 643. The minimum atomic E-state index is -0.547. The summed E-state index contributed by atoms with van der Waals surface area (Å²) >= 11 is 5.33. The van der Waals surface area contributed by atoms with Gasteiger partial charge in [0.2, 0.25) is 0 Å². The molecule has 0 radical (unpaired) electrons. The molecule has 0 fully saturated rings. The maximum Gasteiger partial charge on any atom is 0.199 e. The molecule has 0 aliphatic heterocycles. The number of hydrogen-bond donors (Lipinski definition) is 0. The second-order valence-electron chi connectivity index (χ2n) is 3.80. The van der Waals surface area contributed by atoms with Crippen LogP contribution in [0.15, 0.2) is 40.9 Å². The van der Waals surface area contributed by atoms with Crippen molar-refractivity contribution < 1.29 is 13.9 Å². The molecular formula is C14H9BrFIO2. The molecule has 98 valence electrons. The van der Waals surface area contributed by atoms with Gasteiger partial charge in [0.1, 0.15) is 11.6 Å². The maximum atomic E-state index is 13.8. The molecule has 0 saturated carbocycles. The van der Waals surface area contributed by atoms with Crippen LogP contribution in [0, 0.1) is 9.39 Å². The molecule has 0 saturated heterocycles. The van der Waals surface area contributed by atoms with E-state index in [1.165, 1.54) is 19.2 Å². The van der Waals surface area contributed by atoms with Crippen LogP contribution in [-0.2, 0) is 0 Å². The predicted octanol–water partition coefficient (Wildman–Crippen LogP) is 4.43. The van der Waals surface area contributed by atoms with Gasteiger partial charge in [0.05, 0.1) is 18.2 Å². The number of hydrogen-bond acceptors (Lipinski definition) is 2. The Morgan fingerprint density at radius 3 is 2.63 bits per heavy atom. The van der Waals surface area contributed by atoms with Crippen molar-refractivity contribution in [3.63, 3.8) is 0 Å². The molecule has 0 N–H and O–H groups in total. The Morgan fingerprint density at radius 1 is 1.21 bits per heavy atom. The SMILES string of the molecule is COc1ccc(I)cc1C(=O)c1cc(Br)ccc1F. The van der Waals surface area contributed by atoms with Crippen LogP contribution < -0.4 is 4.74 Å². The summed E-state index contributed by atoms with van der Waals surface area (Å²) < 4.78 is 20.5. The van der Waals surface area contributed by atoms with Gasteiger partial charge in [-0.3, -0.25) is 4.79 Å². The van der Waals surface area contributed by atoms with Gasteiger partial charge < -0.3 is 4.74 Å². The molecule has 0 atom stereocenters. The first-order chi connectivity index (χ1) is 9.02. The van der Waals surface area contributed by atoms with Crippen LogP contribution in [-0.4, -0.2) is 12.9 Å². The smallest absolute Gasteiger partial charge is 0.199 e. The summed E-state index contributed by atoms with van der Waals surface area (Å²) in [6, 6.07) is 9.49. The molecular weight excluding hydrogens is 426 g/mol. The van der Waals surface area contributed by atoms with Gasteiger partial charge in [-0.2, -0.15) is 0 Å². The van der Waals surface area contributed by atoms with E-state index in [1.807, 2.05) is 6.07 Å². The number of rotatable bonds is 3. The second-order valence-corrected chi connectivity index (χ2v) is 5.96. The molecule has 0 heterocycles. The first kappa shape index (κ1) is 14.5. The summed E-state index contributed by atoms with van der Waals surface area (Å²) in [5.41, 5.74) is 0.376. The van der Waals surface area contributed by atoms with Crippen LogP contribution in [0.5, 0.6) is 5.75 Å². The van der Waals surface area contributed by atoms with Gasteiger partial charge >= 0.3 is 0 Å². The summed E-state index contributed by atoms with van der Waals surface area (Å²) in [6.45, 7) is 0. The first-order valence-electron chi connectivity index (χ1n) is 5.36. The van der Waals surface area contributed by atoms with Crippen LogP contribution in [0.25, 0.3) is 0 Å². The van der Waals surface area contributed by atoms with E-state index in [0.717, 1.165) is 3.57 Å². The van der Waals surface area contributed by atoms with Gasteiger partial charge in [-0.05, 0) is 59.0 Å². The average Bonchev–Trinajstić information content (AvgIpc) is 2.40. The molecule has 19 heavy (non-hydrogen) atoms. The van der Waals surface area contributed by atoms with E-state index in [9.17, 15) is 9.18 Å². The fraction of sp³-hybridized carbons (Fsp3) is 0.0714. The number of halogens is 3. The third-order valence-electron chi connectivity index (χ3n) is 2.58. The van der Waals surface area contributed by atoms with Gasteiger partial charge in [0.15, 0.2) is 5.78 Å². The highest BCUT2D eigenvalue weighted by Gasteiger charge is 2.18. The number of carbonyl (C=O) groups is 1. The quantitative estimate of drug-likeness (QED) is 0.527. The molecule has 2 aromatic rings. The third kappa shape index (κ3) is 3.14. The molecule has 0 amide bonds. The highest BCUT2D eigenvalue weighted by Crippen LogP contribution is 2.26. The maximum absolute atomic E-state index is 13.8. The topological polar surface area (TPSA) is 26.3 Å². The van der Waals surface area contributed by atoms with Crippen molar-refractivity contribution in [2.45, 2.75) is 0 Å². The monoisotopic (exact) mass is 434 g/mol. The van der Waals surface area contributed by atoms with Crippen LogP contribution in [0.1, 0.15) is 15.9 Å². The van der Waals surface area contributed by atoms with E-state index in [1.54, 1.807) is 18.2 Å². The lowest BCUT2D eigenvalue weighted by atomic mass is 10.0. The zero-order chi connectivity index (χ0) is 14.0. The van der Waals surface area contributed by atoms with Crippen molar-refractivity contribution in [1.29, 1.82) is 0 Å². The summed E-state index contributed by atoms with van der Waals surface area (Å²) in [4.78, 5) is 12.4. The molecule has 0 unspecified atom stereocenters. The second kappa shape index (κ2) is 6.00. The number of benzene rings is 2. The van der Waals surface area contributed by atoms with E-state index >= 15 is 0 Å². The lowest BCUT2D eigenvalue weighted by Crippen LogP contribution is -2.07. The van der Waals surface area contributed by atoms with Gasteiger partial charge in [0.25, 0.3) is 0 Å². The minimum absolute atomic E-state index is 0.0228. The van der Waals surface area contributed by atoms with E-state index in [-0.39, 0.29) is 5.56 Å². The zero-order valence-corrected chi connectivity index (χ0v) is 13.7. The lowest BCUT2D eigenvalue weighted by Gasteiger charge is -2.09. The van der Waals surface area contributed by atoms with Gasteiger partial charge in [-0.15, -0.1) is 0 Å². The van der Waals surface area contributed by atoms with Gasteiger partial charge in [0, 0.05) is 8.04 Å². The van der Waals surface area contributed by atoms with Crippen molar-refractivity contribution in [2.75, 3.05) is 7.11 Å². The van der Waals surface area contributed by atoms with Crippen LogP contribution in [0.4, 0.5) is 4.39 Å². The molecule has 0 bridgehead atoms. The van der Waals surface area contributed by atoms with Crippen LogP contribution in [0.2, 0.25) is 0 Å². The van der Waals surface area contributed by atoms with Crippen molar-refractivity contribution in [3.05, 3.63) is 61.4 Å².